The van der Waals surface area contributed by atoms with Gasteiger partial charge in [0.2, 0.25) is 0 Å². The first kappa shape index (κ1) is 14.8. The van der Waals surface area contributed by atoms with Gasteiger partial charge in [0.1, 0.15) is 0 Å². The number of aromatic nitrogens is 2. The van der Waals surface area contributed by atoms with E-state index in [1.807, 2.05) is 11.6 Å². The number of ether oxygens (including phenoxy) is 1. The number of nitrogens with one attached hydrogen (secondary N) is 1. The summed E-state index contributed by atoms with van der Waals surface area (Å²) in [7, 11) is 0. The fraction of sp³-hybridized carbons (Fsp3) is 0.769. The number of hydrogen-bond acceptors (Lipinski definition) is 4. The Bertz CT molecular complexity index is 435. The fourth-order valence-electron chi connectivity index (χ4n) is 2.88. The first-order valence-electron chi connectivity index (χ1n) is 6.88. The Hall–Kier alpha value is -0.620. The Balaban J connectivity index is 2.18. The zero-order valence-electron chi connectivity index (χ0n) is 11.8. The van der Waals surface area contributed by atoms with Gasteiger partial charge in [-0.25, -0.2) is 0 Å². The number of nitrogens with two attached hydrogens (primary N) is 1. The van der Waals surface area contributed by atoms with Crippen LogP contribution in [0.2, 0.25) is 5.02 Å². The van der Waals surface area contributed by atoms with Crippen LogP contribution in [-0.2, 0) is 17.7 Å². The van der Waals surface area contributed by atoms with Gasteiger partial charge in [0, 0.05) is 31.5 Å². The molecule has 1 aromatic rings. The van der Waals surface area contributed by atoms with Gasteiger partial charge in [-0.3, -0.25) is 16.0 Å². The molecule has 19 heavy (non-hydrogen) atoms. The van der Waals surface area contributed by atoms with E-state index in [0.717, 1.165) is 42.4 Å². The number of rotatable bonds is 5. The molecule has 0 radical (unpaired) electrons. The largest absolute Gasteiger partial charge is 0.378 e. The van der Waals surface area contributed by atoms with Crippen LogP contribution in [0.4, 0.5) is 0 Å². The lowest BCUT2D eigenvalue weighted by atomic mass is 9.90. The van der Waals surface area contributed by atoms with Gasteiger partial charge in [-0.05, 0) is 27.2 Å². The lowest BCUT2D eigenvalue weighted by Gasteiger charge is -2.25. The summed E-state index contributed by atoms with van der Waals surface area (Å²) < 4.78 is 7.59. The van der Waals surface area contributed by atoms with Crippen LogP contribution >= 0.6 is 11.6 Å². The second-order valence-electron chi connectivity index (χ2n) is 5.17. The smallest absolute Gasteiger partial charge is 0.0847 e. The minimum atomic E-state index is 0.163. The molecule has 6 heteroatoms. The van der Waals surface area contributed by atoms with Gasteiger partial charge in [-0.1, -0.05) is 11.6 Å². The summed E-state index contributed by atoms with van der Waals surface area (Å²) in [4.78, 5) is 0. The van der Waals surface area contributed by atoms with Crippen molar-refractivity contribution in [2.45, 2.75) is 52.3 Å². The molecule has 0 aromatic carbocycles. The Kier molecular flexibility index (Phi) is 4.84. The summed E-state index contributed by atoms with van der Waals surface area (Å²) in [6.07, 6.45) is 2.05. The summed E-state index contributed by atoms with van der Waals surface area (Å²) in [5.74, 6) is 6.15. The summed E-state index contributed by atoms with van der Waals surface area (Å²) in [6.45, 7) is 7.73. The average molecular weight is 287 g/mol. The fourth-order valence-corrected chi connectivity index (χ4v) is 3.10. The van der Waals surface area contributed by atoms with E-state index < -0.39 is 0 Å². The number of aryl methyl sites for hydroxylation is 2. The average Bonchev–Trinajstić information content (AvgIpc) is 2.93. The van der Waals surface area contributed by atoms with Crippen LogP contribution in [0, 0.1) is 12.8 Å². The van der Waals surface area contributed by atoms with Crippen LogP contribution in [0.1, 0.15) is 31.7 Å². The van der Waals surface area contributed by atoms with E-state index in [2.05, 4.69) is 24.4 Å². The zero-order chi connectivity index (χ0) is 14.0. The maximum atomic E-state index is 6.35. The van der Waals surface area contributed by atoms with Gasteiger partial charge in [-0.2, -0.15) is 5.10 Å². The van der Waals surface area contributed by atoms with Gasteiger partial charge >= 0.3 is 0 Å². The minimum Gasteiger partial charge on any atom is -0.378 e. The van der Waals surface area contributed by atoms with Crippen molar-refractivity contribution in [2.75, 3.05) is 6.61 Å². The van der Waals surface area contributed by atoms with Crippen molar-refractivity contribution in [2.24, 2.45) is 11.8 Å². The van der Waals surface area contributed by atoms with E-state index >= 15 is 0 Å². The van der Waals surface area contributed by atoms with Gasteiger partial charge in [0.05, 0.1) is 22.5 Å². The van der Waals surface area contributed by atoms with E-state index in [4.69, 9.17) is 22.2 Å². The maximum Gasteiger partial charge on any atom is 0.0847 e. The highest BCUT2D eigenvalue weighted by Gasteiger charge is 2.32. The first-order chi connectivity index (χ1) is 9.08. The molecule has 1 aromatic heterocycles. The van der Waals surface area contributed by atoms with Crippen LogP contribution in [0.5, 0.6) is 0 Å². The Labute approximate surface area is 119 Å². The van der Waals surface area contributed by atoms with E-state index in [1.165, 1.54) is 0 Å². The van der Waals surface area contributed by atoms with Crippen molar-refractivity contribution in [3.05, 3.63) is 16.4 Å². The first-order valence-corrected chi connectivity index (χ1v) is 7.25. The predicted octanol–water partition coefficient (Wildman–Crippen LogP) is 1.66. The molecule has 3 atom stereocenters. The van der Waals surface area contributed by atoms with Gasteiger partial charge in [0.25, 0.3) is 0 Å². The second kappa shape index (κ2) is 6.22. The molecule has 0 bridgehead atoms. The van der Waals surface area contributed by atoms with Gasteiger partial charge in [-0.15, -0.1) is 0 Å². The van der Waals surface area contributed by atoms with E-state index in [-0.39, 0.29) is 12.1 Å². The quantitative estimate of drug-likeness (QED) is 0.638. The van der Waals surface area contributed by atoms with Gasteiger partial charge in [0.15, 0.2) is 0 Å². The molecule has 1 aliphatic rings. The lowest BCUT2D eigenvalue weighted by Crippen LogP contribution is -2.45. The molecule has 1 saturated heterocycles. The number of halogens is 1. The van der Waals surface area contributed by atoms with Crippen molar-refractivity contribution in [3.63, 3.8) is 0 Å². The molecule has 2 rings (SSSR count). The van der Waals surface area contributed by atoms with Crippen LogP contribution in [-0.4, -0.2) is 28.5 Å². The van der Waals surface area contributed by atoms with Crippen LogP contribution in [0.3, 0.4) is 0 Å². The molecule has 0 spiro atoms. The molecule has 0 amide bonds. The molecule has 108 valence electrons. The molecular formula is C13H23ClN4O. The SMILES string of the molecule is CCn1nc(C)c(Cl)c1CC(NN)C1CCOC1C. The second-order valence-corrected chi connectivity index (χ2v) is 5.55. The monoisotopic (exact) mass is 286 g/mol. The topological polar surface area (TPSA) is 65.1 Å². The third-order valence-electron chi connectivity index (χ3n) is 4.03. The Morgan fingerprint density at radius 1 is 1.63 bits per heavy atom. The van der Waals surface area contributed by atoms with Crippen LogP contribution in [0.15, 0.2) is 0 Å². The van der Waals surface area contributed by atoms with Crippen molar-refractivity contribution >= 4 is 11.6 Å². The molecule has 0 aliphatic carbocycles. The molecule has 1 fully saturated rings. The van der Waals surface area contributed by atoms with Crippen LogP contribution < -0.4 is 11.3 Å². The van der Waals surface area contributed by atoms with Crippen molar-refractivity contribution < 1.29 is 4.74 Å². The zero-order valence-corrected chi connectivity index (χ0v) is 12.6. The third-order valence-corrected chi connectivity index (χ3v) is 4.52. The van der Waals surface area contributed by atoms with Crippen LogP contribution in [0.25, 0.3) is 0 Å². The van der Waals surface area contributed by atoms with Crippen molar-refractivity contribution in [3.8, 4) is 0 Å². The molecule has 3 unspecified atom stereocenters. The third kappa shape index (κ3) is 2.94. The van der Waals surface area contributed by atoms with E-state index in [9.17, 15) is 0 Å². The van der Waals surface area contributed by atoms with Crippen molar-refractivity contribution in [1.82, 2.24) is 15.2 Å². The molecule has 2 heterocycles. The van der Waals surface area contributed by atoms with E-state index in [0.29, 0.717) is 5.92 Å². The van der Waals surface area contributed by atoms with Crippen molar-refractivity contribution in [1.29, 1.82) is 0 Å². The highest BCUT2D eigenvalue weighted by atomic mass is 35.5. The summed E-state index contributed by atoms with van der Waals surface area (Å²) in [6, 6.07) is 0.163. The molecule has 5 nitrogen and oxygen atoms in total. The Morgan fingerprint density at radius 2 is 2.37 bits per heavy atom. The summed E-state index contributed by atoms with van der Waals surface area (Å²) in [5, 5.41) is 5.20. The summed E-state index contributed by atoms with van der Waals surface area (Å²) in [5.41, 5.74) is 4.87. The normalized spacial score (nSPS) is 24.9. The minimum absolute atomic E-state index is 0.163. The molecule has 0 saturated carbocycles. The highest BCUT2D eigenvalue weighted by molar-refractivity contribution is 6.31. The van der Waals surface area contributed by atoms with E-state index in [1.54, 1.807) is 0 Å². The number of hydrogen-bond donors (Lipinski definition) is 2. The number of nitrogens with zero attached hydrogens (tertiary/aromatic N) is 2. The standard InChI is InChI=1S/C13H23ClN4O/c1-4-18-12(13(14)8(2)17-18)7-11(16-15)10-5-6-19-9(10)3/h9-11,16H,4-7,15H2,1-3H3. The lowest BCUT2D eigenvalue weighted by molar-refractivity contribution is 0.0951. The van der Waals surface area contributed by atoms with Gasteiger partial charge < -0.3 is 4.74 Å². The molecule has 3 N–H and O–H groups in total. The molecule has 1 aliphatic heterocycles. The maximum absolute atomic E-state index is 6.35. The Morgan fingerprint density at radius 3 is 2.89 bits per heavy atom. The summed E-state index contributed by atoms with van der Waals surface area (Å²) >= 11 is 6.35. The highest BCUT2D eigenvalue weighted by Crippen LogP contribution is 2.28. The molecular weight excluding hydrogens is 264 g/mol. The predicted molar refractivity (Wildman–Crippen MR) is 76.0 cm³/mol. The number of hydrazine groups is 1.